The average Bonchev–Trinajstić information content (AvgIpc) is 2.98. The highest BCUT2D eigenvalue weighted by Crippen LogP contribution is 2.27. The zero-order valence-electron chi connectivity index (χ0n) is 12.9. The van der Waals surface area contributed by atoms with E-state index in [0.717, 1.165) is 16.5 Å². The van der Waals surface area contributed by atoms with Crippen molar-refractivity contribution >= 4 is 40.1 Å². The lowest BCUT2D eigenvalue weighted by Crippen LogP contribution is -2.04. The van der Waals surface area contributed by atoms with Crippen LogP contribution >= 0.6 is 23.2 Å². The maximum Gasteiger partial charge on any atom is 0.354 e. The summed E-state index contributed by atoms with van der Waals surface area (Å²) in [6.07, 6.45) is 0. The molecule has 0 bridgehead atoms. The van der Waals surface area contributed by atoms with Crippen LogP contribution in [0.5, 0.6) is 5.75 Å². The molecular weight excluding hydrogens is 349 g/mol. The lowest BCUT2D eigenvalue weighted by atomic mass is 10.2. The molecule has 24 heavy (non-hydrogen) atoms. The summed E-state index contributed by atoms with van der Waals surface area (Å²) in [7, 11) is 0. The van der Waals surface area contributed by atoms with Crippen LogP contribution < -0.4 is 4.74 Å². The van der Waals surface area contributed by atoms with Gasteiger partial charge in [-0.2, -0.15) is 0 Å². The third-order valence-corrected chi connectivity index (χ3v) is 4.24. The quantitative estimate of drug-likeness (QED) is 0.631. The molecule has 0 saturated heterocycles. The van der Waals surface area contributed by atoms with Crippen LogP contribution in [0.25, 0.3) is 10.9 Å². The smallest absolute Gasteiger partial charge is 0.354 e. The topological polar surface area (TPSA) is 51.3 Å². The summed E-state index contributed by atoms with van der Waals surface area (Å²) in [5.74, 6) is 0.273. The molecule has 0 aliphatic heterocycles. The Kier molecular flexibility index (Phi) is 4.97. The Morgan fingerprint density at radius 3 is 2.58 bits per heavy atom. The van der Waals surface area contributed by atoms with Gasteiger partial charge in [0.25, 0.3) is 0 Å². The monoisotopic (exact) mass is 363 g/mol. The molecule has 1 heterocycles. The van der Waals surface area contributed by atoms with Crippen LogP contribution in [0, 0.1) is 0 Å². The van der Waals surface area contributed by atoms with Gasteiger partial charge in [0.05, 0.1) is 6.61 Å². The number of hydrogen-bond donors (Lipinski definition) is 1. The van der Waals surface area contributed by atoms with E-state index in [2.05, 4.69) is 4.98 Å². The van der Waals surface area contributed by atoms with Gasteiger partial charge in [0.2, 0.25) is 0 Å². The molecule has 124 valence electrons. The fraction of sp³-hybridized carbons (Fsp3) is 0.167. The van der Waals surface area contributed by atoms with E-state index in [9.17, 15) is 4.79 Å². The number of hydrogen-bond acceptors (Lipinski definition) is 3. The summed E-state index contributed by atoms with van der Waals surface area (Å²) in [5, 5.41) is 2.03. The molecular formula is C18H15Cl2NO3. The number of fused-ring (bicyclic) bond motifs is 1. The Hall–Kier alpha value is -2.17. The zero-order chi connectivity index (χ0) is 17.1. The number of aromatic nitrogens is 1. The molecule has 0 fully saturated rings. The standard InChI is InChI=1S/C18H15Cl2NO3/c1-2-23-18(22)17-8-11-6-7-12(9-16(11)21-17)24-10-13-14(19)4-3-5-15(13)20/h3-9,21H,2,10H2,1H3. The summed E-state index contributed by atoms with van der Waals surface area (Å²) in [6.45, 7) is 2.36. The first kappa shape index (κ1) is 16.7. The van der Waals surface area contributed by atoms with Crippen LogP contribution in [0.1, 0.15) is 23.0 Å². The minimum atomic E-state index is -0.376. The van der Waals surface area contributed by atoms with E-state index in [1.807, 2.05) is 18.2 Å². The molecule has 0 aliphatic rings. The third-order valence-electron chi connectivity index (χ3n) is 3.53. The van der Waals surface area contributed by atoms with Gasteiger partial charge < -0.3 is 14.5 Å². The molecule has 0 amide bonds. The molecule has 6 heteroatoms. The molecule has 3 rings (SSSR count). The number of carbonyl (C=O) groups excluding carboxylic acids is 1. The van der Waals surface area contributed by atoms with Gasteiger partial charge in [-0.1, -0.05) is 29.3 Å². The van der Waals surface area contributed by atoms with Gasteiger partial charge >= 0.3 is 5.97 Å². The fourth-order valence-corrected chi connectivity index (χ4v) is 2.85. The van der Waals surface area contributed by atoms with Crippen LogP contribution in [0.3, 0.4) is 0 Å². The minimum absolute atomic E-state index is 0.259. The second-order valence-electron chi connectivity index (χ2n) is 5.14. The lowest BCUT2D eigenvalue weighted by molar-refractivity contribution is 0.0520. The molecule has 0 saturated carbocycles. The van der Waals surface area contributed by atoms with Crippen LogP contribution in [-0.4, -0.2) is 17.6 Å². The zero-order valence-corrected chi connectivity index (χ0v) is 14.4. The Balaban J connectivity index is 1.79. The van der Waals surface area contributed by atoms with Crippen molar-refractivity contribution in [2.45, 2.75) is 13.5 Å². The molecule has 0 spiro atoms. The van der Waals surface area contributed by atoms with Crippen LogP contribution in [0.15, 0.2) is 42.5 Å². The van der Waals surface area contributed by atoms with Gasteiger partial charge in [-0.05, 0) is 37.3 Å². The van der Waals surface area contributed by atoms with E-state index >= 15 is 0 Å². The number of nitrogens with one attached hydrogen (secondary N) is 1. The number of aromatic amines is 1. The summed E-state index contributed by atoms with van der Waals surface area (Å²) < 4.78 is 10.8. The van der Waals surface area contributed by atoms with E-state index in [1.54, 1.807) is 31.2 Å². The maximum absolute atomic E-state index is 11.8. The van der Waals surface area contributed by atoms with Crippen molar-refractivity contribution in [1.82, 2.24) is 4.98 Å². The second kappa shape index (κ2) is 7.16. The van der Waals surface area contributed by atoms with Gasteiger partial charge in [0.15, 0.2) is 0 Å². The normalized spacial score (nSPS) is 10.8. The van der Waals surface area contributed by atoms with Crippen molar-refractivity contribution in [1.29, 1.82) is 0 Å². The van der Waals surface area contributed by atoms with Gasteiger partial charge in [-0.3, -0.25) is 0 Å². The van der Waals surface area contributed by atoms with Crippen molar-refractivity contribution in [3.63, 3.8) is 0 Å². The highest BCUT2D eigenvalue weighted by molar-refractivity contribution is 6.35. The van der Waals surface area contributed by atoms with Crippen LogP contribution in [0.4, 0.5) is 0 Å². The highest BCUT2D eigenvalue weighted by Gasteiger charge is 2.11. The fourth-order valence-electron chi connectivity index (χ4n) is 2.34. The average molecular weight is 364 g/mol. The van der Waals surface area contributed by atoms with E-state index in [4.69, 9.17) is 32.7 Å². The van der Waals surface area contributed by atoms with Crippen LogP contribution in [0.2, 0.25) is 10.0 Å². The molecule has 2 aromatic carbocycles. The Labute approximate surface area is 149 Å². The summed E-state index contributed by atoms with van der Waals surface area (Å²) in [5.41, 5.74) is 1.94. The Morgan fingerprint density at radius 2 is 1.88 bits per heavy atom. The third kappa shape index (κ3) is 3.50. The van der Waals surface area contributed by atoms with Gasteiger partial charge in [-0.25, -0.2) is 4.79 Å². The summed E-state index contributed by atoms with van der Waals surface area (Å²) in [6, 6.07) is 12.6. The van der Waals surface area contributed by atoms with Crippen molar-refractivity contribution in [2.75, 3.05) is 6.61 Å². The van der Waals surface area contributed by atoms with E-state index in [1.165, 1.54) is 0 Å². The first-order chi connectivity index (χ1) is 11.6. The molecule has 0 unspecified atom stereocenters. The first-order valence-corrected chi connectivity index (χ1v) is 8.19. The number of benzene rings is 2. The van der Waals surface area contributed by atoms with Crippen molar-refractivity contribution in [3.05, 3.63) is 63.8 Å². The molecule has 3 aromatic rings. The molecule has 1 aromatic heterocycles. The van der Waals surface area contributed by atoms with Crippen molar-refractivity contribution < 1.29 is 14.3 Å². The number of carbonyl (C=O) groups is 1. The number of rotatable bonds is 5. The van der Waals surface area contributed by atoms with Crippen LogP contribution in [-0.2, 0) is 11.3 Å². The lowest BCUT2D eigenvalue weighted by Gasteiger charge is -2.09. The maximum atomic E-state index is 11.8. The molecule has 0 radical (unpaired) electrons. The van der Waals surface area contributed by atoms with Gasteiger partial charge in [-0.15, -0.1) is 0 Å². The van der Waals surface area contributed by atoms with Crippen molar-refractivity contribution in [2.24, 2.45) is 0 Å². The molecule has 0 atom stereocenters. The first-order valence-electron chi connectivity index (χ1n) is 7.44. The number of esters is 1. The van der Waals surface area contributed by atoms with E-state index < -0.39 is 0 Å². The van der Waals surface area contributed by atoms with E-state index in [0.29, 0.717) is 28.1 Å². The number of H-pyrrole nitrogens is 1. The van der Waals surface area contributed by atoms with Gasteiger partial charge in [0, 0.05) is 32.6 Å². The van der Waals surface area contributed by atoms with Gasteiger partial charge in [0.1, 0.15) is 18.1 Å². The Bertz CT molecular complexity index is 869. The predicted octanol–water partition coefficient (Wildman–Crippen LogP) is 5.23. The number of ether oxygens (including phenoxy) is 2. The summed E-state index contributed by atoms with van der Waals surface area (Å²) >= 11 is 12.3. The Morgan fingerprint density at radius 1 is 1.12 bits per heavy atom. The molecule has 4 nitrogen and oxygen atoms in total. The molecule has 0 aliphatic carbocycles. The largest absolute Gasteiger partial charge is 0.489 e. The van der Waals surface area contributed by atoms with Crippen molar-refractivity contribution in [3.8, 4) is 5.75 Å². The highest BCUT2D eigenvalue weighted by atomic mass is 35.5. The van der Waals surface area contributed by atoms with E-state index in [-0.39, 0.29) is 12.6 Å². The second-order valence-corrected chi connectivity index (χ2v) is 5.96. The number of halogens is 2. The molecule has 1 N–H and O–H groups in total. The predicted molar refractivity (Wildman–Crippen MR) is 95.0 cm³/mol. The SMILES string of the molecule is CCOC(=O)c1cc2ccc(OCc3c(Cl)cccc3Cl)cc2[nH]1. The summed E-state index contributed by atoms with van der Waals surface area (Å²) in [4.78, 5) is 14.8. The minimum Gasteiger partial charge on any atom is -0.489 e.